The molecule has 0 heterocycles. The molecule has 4 nitrogen and oxygen atoms in total. The molecule has 1 rings (SSSR count). The van der Waals surface area contributed by atoms with E-state index in [1.54, 1.807) is 0 Å². The van der Waals surface area contributed by atoms with Gasteiger partial charge in [-0.05, 0) is 34.8 Å². The maximum Gasteiger partial charge on any atom is 0.232 e. The normalized spacial score (nSPS) is 11.6. The number of benzene rings is 1. The molecule has 0 aliphatic carbocycles. The maximum atomic E-state index is 13.4. The summed E-state index contributed by atoms with van der Waals surface area (Å²) in [5, 5.41) is 8.55. The van der Waals surface area contributed by atoms with Crippen LogP contribution in [0.3, 0.4) is 0 Å². The first-order valence-electron chi connectivity index (χ1n) is 5.11. The highest BCUT2D eigenvalue weighted by Gasteiger charge is 2.16. The minimum atomic E-state index is -3.72. The summed E-state index contributed by atoms with van der Waals surface area (Å²) in [5.74, 6) is -2.04. The average molecular weight is 344 g/mol. The number of halogens is 3. The maximum absolute atomic E-state index is 13.4. The van der Waals surface area contributed by atoms with Crippen molar-refractivity contribution in [3.8, 4) is 0 Å². The zero-order chi connectivity index (χ0) is 13.8. The molecule has 0 radical (unpaired) electrons. The van der Waals surface area contributed by atoms with Crippen molar-refractivity contribution in [3.05, 3.63) is 28.2 Å². The molecule has 0 bridgehead atoms. The molecule has 0 fully saturated rings. The van der Waals surface area contributed by atoms with E-state index in [1.165, 1.54) is 0 Å². The van der Waals surface area contributed by atoms with E-state index >= 15 is 0 Å². The third kappa shape index (κ3) is 4.51. The molecular weight excluding hydrogens is 332 g/mol. The summed E-state index contributed by atoms with van der Waals surface area (Å²) in [6, 6.07) is 1.56. The number of aliphatic hydroxyl groups is 1. The summed E-state index contributed by atoms with van der Waals surface area (Å²) in [6.07, 6.45) is 0.597. The van der Waals surface area contributed by atoms with E-state index in [-0.39, 0.29) is 28.9 Å². The number of unbranched alkanes of at least 4 members (excludes halogenated alkanes) is 1. The molecule has 0 aliphatic heterocycles. The van der Waals surface area contributed by atoms with Gasteiger partial charge in [-0.1, -0.05) is 0 Å². The third-order valence-electron chi connectivity index (χ3n) is 2.09. The van der Waals surface area contributed by atoms with Crippen LogP contribution in [-0.2, 0) is 10.0 Å². The molecular formula is C10H12BrF2NO3S. The largest absolute Gasteiger partial charge is 0.396 e. The highest BCUT2D eigenvalue weighted by molar-refractivity contribution is 9.10. The van der Waals surface area contributed by atoms with Gasteiger partial charge in [0.05, 0.1) is 11.4 Å². The molecule has 2 N–H and O–H groups in total. The van der Waals surface area contributed by atoms with Crippen molar-refractivity contribution in [1.82, 2.24) is 0 Å². The van der Waals surface area contributed by atoms with Crippen LogP contribution in [0.2, 0.25) is 0 Å². The van der Waals surface area contributed by atoms with Gasteiger partial charge in [-0.3, -0.25) is 4.72 Å². The molecule has 0 saturated carbocycles. The van der Waals surface area contributed by atoms with Crippen LogP contribution in [0.1, 0.15) is 12.8 Å². The lowest BCUT2D eigenvalue weighted by atomic mass is 10.3. The fourth-order valence-corrected chi connectivity index (χ4v) is 3.09. The molecule has 102 valence electrons. The van der Waals surface area contributed by atoms with Gasteiger partial charge in [-0.2, -0.15) is 0 Å². The second kappa shape index (κ2) is 6.44. The fourth-order valence-electron chi connectivity index (χ4n) is 1.25. The van der Waals surface area contributed by atoms with Gasteiger partial charge in [-0.15, -0.1) is 0 Å². The molecule has 8 heteroatoms. The minimum Gasteiger partial charge on any atom is -0.396 e. The van der Waals surface area contributed by atoms with Crippen molar-refractivity contribution in [2.24, 2.45) is 0 Å². The summed E-state index contributed by atoms with van der Waals surface area (Å²) in [6.45, 7) is -0.107. The summed E-state index contributed by atoms with van der Waals surface area (Å²) in [5.41, 5.74) is -0.319. The van der Waals surface area contributed by atoms with Crippen LogP contribution in [0.15, 0.2) is 16.6 Å². The SMILES string of the molecule is O=S(=O)(CCCCO)Nc1c(F)cc(F)cc1Br. The van der Waals surface area contributed by atoms with E-state index in [0.717, 1.165) is 6.07 Å². The summed E-state index contributed by atoms with van der Waals surface area (Å²) in [4.78, 5) is 0. The van der Waals surface area contributed by atoms with Crippen LogP contribution in [0.4, 0.5) is 14.5 Å². The third-order valence-corrected chi connectivity index (χ3v) is 4.05. The average Bonchev–Trinajstić information content (AvgIpc) is 2.23. The Morgan fingerprint density at radius 3 is 2.50 bits per heavy atom. The molecule has 0 aromatic heterocycles. The van der Waals surface area contributed by atoms with E-state index in [1.807, 2.05) is 4.72 Å². The highest BCUT2D eigenvalue weighted by Crippen LogP contribution is 2.27. The smallest absolute Gasteiger partial charge is 0.232 e. The van der Waals surface area contributed by atoms with Crippen LogP contribution < -0.4 is 4.72 Å². The van der Waals surface area contributed by atoms with Gasteiger partial charge < -0.3 is 5.11 Å². The second-order valence-corrected chi connectivity index (χ2v) is 6.29. The molecule has 0 saturated heterocycles. The molecule has 18 heavy (non-hydrogen) atoms. The molecule has 0 unspecified atom stereocenters. The Labute approximate surface area is 112 Å². The van der Waals surface area contributed by atoms with E-state index < -0.39 is 21.7 Å². The molecule has 0 spiro atoms. The van der Waals surface area contributed by atoms with Gasteiger partial charge in [0.1, 0.15) is 5.82 Å². The molecule has 0 amide bonds. The Morgan fingerprint density at radius 1 is 1.28 bits per heavy atom. The van der Waals surface area contributed by atoms with Crippen molar-refractivity contribution in [3.63, 3.8) is 0 Å². The van der Waals surface area contributed by atoms with E-state index in [9.17, 15) is 17.2 Å². The van der Waals surface area contributed by atoms with Gasteiger partial charge in [-0.25, -0.2) is 17.2 Å². The number of hydrogen-bond donors (Lipinski definition) is 2. The number of anilines is 1. The first-order chi connectivity index (χ1) is 8.35. The van der Waals surface area contributed by atoms with Crippen LogP contribution in [0, 0.1) is 11.6 Å². The van der Waals surface area contributed by atoms with Crippen molar-refractivity contribution < 1.29 is 22.3 Å². The lowest BCUT2D eigenvalue weighted by Crippen LogP contribution is -2.18. The number of aliphatic hydroxyl groups excluding tert-OH is 1. The number of rotatable bonds is 6. The Bertz CT molecular complexity index is 499. The lowest BCUT2D eigenvalue weighted by Gasteiger charge is -2.10. The lowest BCUT2D eigenvalue weighted by molar-refractivity contribution is 0.287. The highest BCUT2D eigenvalue weighted by atomic mass is 79.9. The Balaban J connectivity index is 2.84. The number of nitrogens with one attached hydrogen (secondary N) is 1. The van der Waals surface area contributed by atoms with Gasteiger partial charge in [0.2, 0.25) is 10.0 Å². The molecule has 1 aromatic carbocycles. The Morgan fingerprint density at radius 2 is 1.94 bits per heavy atom. The Kier molecular flexibility index (Phi) is 5.48. The number of sulfonamides is 1. The minimum absolute atomic E-state index is 0.00858. The van der Waals surface area contributed by atoms with Gasteiger partial charge in [0.25, 0.3) is 0 Å². The van der Waals surface area contributed by atoms with Crippen molar-refractivity contribution in [2.75, 3.05) is 17.1 Å². The van der Waals surface area contributed by atoms with Crippen molar-refractivity contribution >= 4 is 31.6 Å². The van der Waals surface area contributed by atoms with Crippen LogP contribution in [-0.4, -0.2) is 25.9 Å². The molecule has 0 aliphatic rings. The fraction of sp³-hybridized carbons (Fsp3) is 0.400. The first kappa shape index (κ1) is 15.3. The topological polar surface area (TPSA) is 66.4 Å². The Hall–Kier alpha value is -0.730. The monoisotopic (exact) mass is 343 g/mol. The van der Waals surface area contributed by atoms with Gasteiger partial charge >= 0.3 is 0 Å². The summed E-state index contributed by atoms with van der Waals surface area (Å²) >= 11 is 2.89. The summed E-state index contributed by atoms with van der Waals surface area (Å²) in [7, 11) is -3.72. The summed E-state index contributed by atoms with van der Waals surface area (Å²) < 4.78 is 51.4. The zero-order valence-corrected chi connectivity index (χ0v) is 11.7. The van der Waals surface area contributed by atoms with Crippen molar-refractivity contribution in [1.29, 1.82) is 0 Å². The zero-order valence-electron chi connectivity index (χ0n) is 9.29. The quantitative estimate of drug-likeness (QED) is 0.778. The van der Waals surface area contributed by atoms with Crippen LogP contribution >= 0.6 is 15.9 Å². The van der Waals surface area contributed by atoms with Crippen LogP contribution in [0.25, 0.3) is 0 Å². The standard InChI is InChI=1S/C10H12BrF2NO3S/c11-8-5-7(12)6-9(13)10(8)14-18(16,17)4-2-1-3-15/h5-6,14-15H,1-4H2. The van der Waals surface area contributed by atoms with Gasteiger partial charge in [0.15, 0.2) is 5.82 Å². The predicted molar refractivity (Wildman–Crippen MR) is 67.8 cm³/mol. The van der Waals surface area contributed by atoms with E-state index in [2.05, 4.69) is 15.9 Å². The predicted octanol–water partition coefficient (Wildman–Crippen LogP) is 2.24. The second-order valence-electron chi connectivity index (χ2n) is 3.60. The molecule has 1 aromatic rings. The van der Waals surface area contributed by atoms with E-state index in [0.29, 0.717) is 12.5 Å². The molecule has 0 atom stereocenters. The van der Waals surface area contributed by atoms with Crippen LogP contribution in [0.5, 0.6) is 0 Å². The number of hydrogen-bond acceptors (Lipinski definition) is 3. The van der Waals surface area contributed by atoms with Gasteiger partial charge in [0, 0.05) is 17.1 Å². The first-order valence-corrected chi connectivity index (χ1v) is 7.56. The van der Waals surface area contributed by atoms with Crippen molar-refractivity contribution in [2.45, 2.75) is 12.8 Å². The van der Waals surface area contributed by atoms with E-state index in [4.69, 9.17) is 5.11 Å².